The van der Waals surface area contributed by atoms with Gasteiger partial charge in [0, 0.05) is 12.1 Å². The molecule has 3 atom stereocenters. The van der Waals surface area contributed by atoms with Gasteiger partial charge in [-0.25, -0.2) is 0 Å². The van der Waals surface area contributed by atoms with Crippen molar-refractivity contribution in [3.05, 3.63) is 0 Å². The molecule has 0 radical (unpaired) electrons. The Kier molecular flexibility index (Phi) is 9.54. The van der Waals surface area contributed by atoms with Crippen LogP contribution in [-0.4, -0.2) is 36.5 Å². The van der Waals surface area contributed by atoms with E-state index < -0.39 is 0 Å². The predicted octanol–water partition coefficient (Wildman–Crippen LogP) is 3.89. The summed E-state index contributed by atoms with van der Waals surface area (Å²) in [7, 11) is 0. The fourth-order valence-electron chi connectivity index (χ4n) is 3.37. The normalized spacial score (nSPS) is 27.7. The molecule has 126 valence electrons. The Balaban J connectivity index is 2.40. The summed E-state index contributed by atoms with van der Waals surface area (Å²) in [6.45, 7) is 8.82. The van der Waals surface area contributed by atoms with Gasteiger partial charge in [-0.15, -0.1) is 0 Å². The van der Waals surface area contributed by atoms with Gasteiger partial charge >= 0.3 is 0 Å². The van der Waals surface area contributed by atoms with Crippen LogP contribution in [0.3, 0.4) is 0 Å². The Morgan fingerprint density at radius 1 is 1.29 bits per heavy atom. The number of hydrogen-bond donors (Lipinski definition) is 2. The first kappa shape index (κ1) is 18.9. The molecule has 0 aliphatic heterocycles. The van der Waals surface area contributed by atoms with Crippen molar-refractivity contribution in [3.8, 4) is 0 Å². The molecule has 0 aromatic carbocycles. The largest absolute Gasteiger partial charge is 0.394 e. The Bertz CT molecular complexity index is 260. The van der Waals surface area contributed by atoms with Gasteiger partial charge in [0.15, 0.2) is 0 Å². The van der Waals surface area contributed by atoms with Gasteiger partial charge in [0.05, 0.1) is 12.7 Å². The maximum absolute atomic E-state index is 9.81. The minimum atomic E-state index is -0.0932. The first-order valence-corrected chi connectivity index (χ1v) is 9.17. The number of unbranched alkanes of at least 4 members (excludes halogenated alkanes) is 1. The van der Waals surface area contributed by atoms with E-state index in [1.165, 1.54) is 25.7 Å². The topological polar surface area (TPSA) is 41.5 Å². The summed E-state index contributed by atoms with van der Waals surface area (Å²) in [5, 5.41) is 13.4. The fraction of sp³-hybridized carbons (Fsp3) is 1.00. The molecule has 21 heavy (non-hydrogen) atoms. The van der Waals surface area contributed by atoms with E-state index in [-0.39, 0.29) is 12.1 Å². The van der Waals surface area contributed by atoms with E-state index in [9.17, 15) is 5.11 Å². The average Bonchev–Trinajstić information content (AvgIpc) is 2.53. The number of ether oxygens (including phenoxy) is 1. The zero-order valence-electron chi connectivity index (χ0n) is 14.5. The first-order chi connectivity index (χ1) is 10.2. The maximum Gasteiger partial charge on any atom is 0.0614 e. The van der Waals surface area contributed by atoms with Crippen LogP contribution in [0.2, 0.25) is 0 Å². The molecule has 1 aliphatic carbocycles. The third-order valence-corrected chi connectivity index (χ3v) is 4.96. The Labute approximate surface area is 131 Å². The summed E-state index contributed by atoms with van der Waals surface area (Å²) >= 11 is 0. The molecule has 0 aromatic heterocycles. The van der Waals surface area contributed by atoms with Gasteiger partial charge in [-0.2, -0.15) is 0 Å². The second kappa shape index (κ2) is 10.6. The molecule has 3 heteroatoms. The van der Waals surface area contributed by atoms with E-state index in [2.05, 4.69) is 26.1 Å². The lowest BCUT2D eigenvalue weighted by Gasteiger charge is -2.40. The molecule has 2 N–H and O–H groups in total. The number of nitrogens with one attached hydrogen (secondary N) is 1. The maximum atomic E-state index is 9.81. The molecule has 1 aliphatic rings. The van der Waals surface area contributed by atoms with Crippen molar-refractivity contribution in [2.75, 3.05) is 19.8 Å². The van der Waals surface area contributed by atoms with Crippen molar-refractivity contribution in [1.82, 2.24) is 5.32 Å². The molecule has 3 unspecified atom stereocenters. The second-order valence-corrected chi connectivity index (χ2v) is 6.83. The third kappa shape index (κ3) is 6.66. The predicted molar refractivity (Wildman–Crippen MR) is 89.6 cm³/mol. The van der Waals surface area contributed by atoms with Gasteiger partial charge in [0.25, 0.3) is 0 Å². The van der Waals surface area contributed by atoms with Crippen molar-refractivity contribution in [2.45, 2.75) is 90.2 Å². The quantitative estimate of drug-likeness (QED) is 0.608. The SMILES string of the molecule is CCCCC(CC)COC1CCCC(CO)(NCCC)C1. The highest BCUT2D eigenvalue weighted by Gasteiger charge is 2.35. The molecule has 1 rings (SSSR count). The van der Waals surface area contributed by atoms with Crippen LogP contribution in [0.4, 0.5) is 0 Å². The Hall–Kier alpha value is -0.120. The summed E-state index contributed by atoms with van der Waals surface area (Å²) in [6, 6.07) is 0. The molecule has 0 aromatic rings. The first-order valence-electron chi connectivity index (χ1n) is 9.17. The molecule has 0 bridgehead atoms. The third-order valence-electron chi connectivity index (χ3n) is 4.96. The molecule has 0 spiro atoms. The molecule has 3 nitrogen and oxygen atoms in total. The van der Waals surface area contributed by atoms with Crippen LogP contribution in [0.1, 0.15) is 78.6 Å². The van der Waals surface area contributed by atoms with Crippen LogP contribution < -0.4 is 5.32 Å². The lowest BCUT2D eigenvalue weighted by atomic mass is 9.80. The molecule has 1 fully saturated rings. The highest BCUT2D eigenvalue weighted by molar-refractivity contribution is 4.93. The van der Waals surface area contributed by atoms with Gasteiger partial charge < -0.3 is 15.2 Å². The van der Waals surface area contributed by atoms with Crippen molar-refractivity contribution < 1.29 is 9.84 Å². The minimum Gasteiger partial charge on any atom is -0.394 e. The van der Waals surface area contributed by atoms with E-state index in [1.807, 2.05) is 0 Å². The van der Waals surface area contributed by atoms with Gasteiger partial charge in [-0.1, -0.05) is 40.0 Å². The smallest absolute Gasteiger partial charge is 0.0614 e. The van der Waals surface area contributed by atoms with Crippen LogP contribution >= 0.6 is 0 Å². The lowest BCUT2D eigenvalue weighted by molar-refractivity contribution is -0.0303. The zero-order chi connectivity index (χ0) is 15.6. The lowest BCUT2D eigenvalue weighted by Crippen LogP contribution is -2.53. The van der Waals surface area contributed by atoms with Crippen molar-refractivity contribution >= 4 is 0 Å². The Morgan fingerprint density at radius 2 is 2.10 bits per heavy atom. The number of rotatable bonds is 11. The number of aliphatic hydroxyl groups excluding tert-OH is 1. The summed E-state index contributed by atoms with van der Waals surface area (Å²) in [5.41, 5.74) is -0.0932. The van der Waals surface area contributed by atoms with Gasteiger partial charge in [-0.05, 0) is 51.0 Å². The standard InChI is InChI=1S/C18H37NO2/c1-4-7-9-16(6-3)14-21-17-10-8-11-18(13-17,15-20)19-12-5-2/h16-17,19-20H,4-15H2,1-3H3. The van der Waals surface area contributed by atoms with E-state index in [4.69, 9.17) is 4.74 Å². The summed E-state index contributed by atoms with van der Waals surface area (Å²) in [5.74, 6) is 0.707. The highest BCUT2D eigenvalue weighted by atomic mass is 16.5. The highest BCUT2D eigenvalue weighted by Crippen LogP contribution is 2.30. The average molecular weight is 299 g/mol. The molecule has 1 saturated carbocycles. The monoisotopic (exact) mass is 299 g/mol. The van der Waals surface area contributed by atoms with Crippen LogP contribution in [0.5, 0.6) is 0 Å². The molecular weight excluding hydrogens is 262 g/mol. The fourth-order valence-corrected chi connectivity index (χ4v) is 3.37. The van der Waals surface area contributed by atoms with Crippen molar-refractivity contribution in [3.63, 3.8) is 0 Å². The van der Waals surface area contributed by atoms with E-state index in [0.717, 1.165) is 45.3 Å². The van der Waals surface area contributed by atoms with Crippen LogP contribution in [0.15, 0.2) is 0 Å². The van der Waals surface area contributed by atoms with E-state index in [0.29, 0.717) is 12.0 Å². The van der Waals surface area contributed by atoms with Crippen molar-refractivity contribution in [2.24, 2.45) is 5.92 Å². The summed E-state index contributed by atoms with van der Waals surface area (Å²) in [6.07, 6.45) is 10.9. The zero-order valence-corrected chi connectivity index (χ0v) is 14.5. The minimum absolute atomic E-state index is 0.0932. The summed E-state index contributed by atoms with van der Waals surface area (Å²) < 4.78 is 6.22. The van der Waals surface area contributed by atoms with E-state index in [1.54, 1.807) is 0 Å². The van der Waals surface area contributed by atoms with Gasteiger partial charge in [0.2, 0.25) is 0 Å². The van der Waals surface area contributed by atoms with Gasteiger partial charge in [0.1, 0.15) is 0 Å². The molecule has 0 heterocycles. The number of hydrogen-bond acceptors (Lipinski definition) is 3. The summed E-state index contributed by atoms with van der Waals surface area (Å²) in [4.78, 5) is 0. The van der Waals surface area contributed by atoms with Crippen molar-refractivity contribution in [1.29, 1.82) is 0 Å². The Morgan fingerprint density at radius 3 is 2.71 bits per heavy atom. The molecular formula is C18H37NO2. The second-order valence-electron chi connectivity index (χ2n) is 6.83. The molecule has 0 amide bonds. The van der Waals surface area contributed by atoms with Gasteiger partial charge in [-0.3, -0.25) is 0 Å². The van der Waals surface area contributed by atoms with Crippen LogP contribution in [0.25, 0.3) is 0 Å². The van der Waals surface area contributed by atoms with Crippen LogP contribution in [-0.2, 0) is 4.74 Å². The van der Waals surface area contributed by atoms with Crippen LogP contribution in [0, 0.1) is 5.92 Å². The molecule has 0 saturated heterocycles. The number of aliphatic hydroxyl groups is 1. The van der Waals surface area contributed by atoms with E-state index >= 15 is 0 Å².